The molecule has 1 atom stereocenters. The van der Waals surface area contributed by atoms with Crippen molar-refractivity contribution in [3.05, 3.63) is 118 Å². The minimum atomic E-state index is -3.41. The second-order valence-corrected chi connectivity index (χ2v) is 36.1. The monoisotopic (exact) mass is 994 g/mol. The minimum absolute atomic E-state index is 0.0392. The molecule has 19 heteroatoms. The Morgan fingerprint density at radius 1 is 0.682 bits per heavy atom. The maximum absolute atomic E-state index is 13.8. The molecule has 0 saturated heterocycles. The lowest BCUT2D eigenvalue weighted by Gasteiger charge is -2.41. The highest BCUT2D eigenvalue weighted by Crippen LogP contribution is 2.31. The van der Waals surface area contributed by atoms with Gasteiger partial charge in [0, 0.05) is 40.8 Å². The molecule has 3 aromatic carbocycles. The smallest absolute Gasteiger partial charge is 0.401 e. The molecule has 0 aliphatic heterocycles. The zero-order valence-corrected chi connectivity index (χ0v) is 45.9. The molecule has 0 bridgehead atoms. The van der Waals surface area contributed by atoms with E-state index in [9.17, 15) is 24.3 Å². The van der Waals surface area contributed by atoms with Crippen LogP contribution in [0.25, 0.3) is 6.08 Å². The van der Waals surface area contributed by atoms with Crippen molar-refractivity contribution in [3.63, 3.8) is 0 Å². The van der Waals surface area contributed by atoms with Gasteiger partial charge < -0.3 is 45.4 Å². The molecule has 0 heterocycles. The highest BCUT2D eigenvalue weighted by Gasteiger charge is 2.48. The van der Waals surface area contributed by atoms with Gasteiger partial charge in [0.2, 0.25) is 0 Å². The number of carbonyl (C=O) groups excluding carboxylic acids is 4. The highest BCUT2D eigenvalue weighted by atomic mass is 28.5. The molecule has 0 fully saturated rings. The molecule has 3 rings (SSSR count). The number of phenols is 1. The maximum Gasteiger partial charge on any atom is 0.401 e. The number of benzene rings is 3. The molecular formula is C47H68NO13Si5. The Bertz CT molecular complexity index is 2210. The van der Waals surface area contributed by atoms with Crippen molar-refractivity contribution in [1.82, 2.24) is 0 Å². The van der Waals surface area contributed by atoms with Gasteiger partial charge in [-0.05, 0) is 129 Å². The van der Waals surface area contributed by atoms with E-state index in [0.29, 0.717) is 21.7 Å². The summed E-state index contributed by atoms with van der Waals surface area (Å²) in [5, 5.41) is 12.0. The van der Waals surface area contributed by atoms with Crippen molar-refractivity contribution < 1.29 is 59.7 Å². The first-order chi connectivity index (χ1) is 30.8. The van der Waals surface area contributed by atoms with E-state index in [0.717, 1.165) is 18.8 Å². The standard InChI is InChI=1S/C47H68NO13Si5/c1-16-48(17-2)37-26-29-41(43(49)31-37)44(50)39-22-20-21-23-40(39)45(51)57-33-35(6)66(15,60-64(10,11)12)61-65(13,14)59-62(58-63(7,8)9)34(5)32-56-38-27-24-36(25-28-38)30-42(46(52)54-18-3)47(53)55-19-4/h20-31,49H,5-6,16-19,32-33H2,1-4,7-15H3. The van der Waals surface area contributed by atoms with Crippen molar-refractivity contribution in [2.75, 3.05) is 44.4 Å². The summed E-state index contributed by atoms with van der Waals surface area (Å²) in [6, 6.07) is 18.0. The summed E-state index contributed by atoms with van der Waals surface area (Å²) in [6.45, 7) is 35.4. The first kappa shape index (κ1) is 55.6. The number of ether oxygens (including phenoxy) is 4. The summed E-state index contributed by atoms with van der Waals surface area (Å²) in [5.41, 5.74) is 1.32. The number of carbonyl (C=O) groups is 4. The minimum Gasteiger partial charge on any atom is -0.507 e. The largest absolute Gasteiger partial charge is 0.507 e. The fourth-order valence-corrected chi connectivity index (χ4v) is 23.3. The Morgan fingerprint density at radius 3 is 1.77 bits per heavy atom. The molecule has 0 amide bonds. The Morgan fingerprint density at radius 2 is 1.26 bits per heavy atom. The molecular weight excluding hydrogens is 927 g/mol. The number of phenolic OH excluding ortho intramolecular Hbond substituents is 1. The second-order valence-electron chi connectivity index (χ2n) is 17.7. The predicted molar refractivity (Wildman–Crippen MR) is 269 cm³/mol. The second kappa shape index (κ2) is 24.3. The topological polar surface area (TPSA) is 166 Å². The number of hydrogen-bond donors (Lipinski definition) is 1. The molecule has 66 heavy (non-hydrogen) atoms. The quantitative estimate of drug-likeness (QED) is 0.0154. The van der Waals surface area contributed by atoms with Crippen LogP contribution < -0.4 is 9.64 Å². The van der Waals surface area contributed by atoms with Gasteiger partial charge in [0.25, 0.3) is 0 Å². The lowest BCUT2D eigenvalue weighted by Crippen LogP contribution is -2.58. The van der Waals surface area contributed by atoms with Gasteiger partial charge in [-0.25, -0.2) is 14.4 Å². The molecule has 0 aromatic heterocycles. The van der Waals surface area contributed by atoms with Crippen molar-refractivity contribution in [3.8, 4) is 11.5 Å². The summed E-state index contributed by atoms with van der Waals surface area (Å²) < 4.78 is 49.2. The third-order valence-corrected chi connectivity index (χ3v) is 24.9. The van der Waals surface area contributed by atoms with E-state index >= 15 is 0 Å². The van der Waals surface area contributed by atoms with E-state index in [-0.39, 0.29) is 54.4 Å². The van der Waals surface area contributed by atoms with Crippen LogP contribution in [0.15, 0.2) is 95.9 Å². The van der Waals surface area contributed by atoms with E-state index in [4.69, 9.17) is 35.4 Å². The molecule has 1 N–H and O–H groups in total. The van der Waals surface area contributed by atoms with Crippen LogP contribution in [-0.2, 0) is 40.3 Å². The molecule has 0 spiro atoms. The van der Waals surface area contributed by atoms with Gasteiger partial charge in [0.15, 0.2) is 22.4 Å². The number of rotatable bonds is 26. The van der Waals surface area contributed by atoms with Crippen LogP contribution in [0.1, 0.15) is 59.5 Å². The van der Waals surface area contributed by atoms with Crippen molar-refractivity contribution in [2.24, 2.45) is 0 Å². The van der Waals surface area contributed by atoms with Crippen LogP contribution in [0.2, 0.25) is 58.9 Å². The summed E-state index contributed by atoms with van der Waals surface area (Å²) in [5.74, 6) is -2.49. The zero-order chi connectivity index (χ0) is 49.6. The number of ketones is 1. The molecule has 359 valence electrons. The van der Waals surface area contributed by atoms with Crippen LogP contribution in [0.3, 0.4) is 0 Å². The van der Waals surface area contributed by atoms with Gasteiger partial charge in [-0.2, -0.15) is 0 Å². The number of aromatic hydroxyl groups is 1. The summed E-state index contributed by atoms with van der Waals surface area (Å²) in [6.07, 6.45) is 1.41. The third kappa shape index (κ3) is 16.9. The van der Waals surface area contributed by atoms with E-state index in [2.05, 4.69) is 37.7 Å². The van der Waals surface area contributed by atoms with Gasteiger partial charge >= 0.3 is 44.3 Å². The molecule has 0 aliphatic carbocycles. The lowest BCUT2D eigenvalue weighted by atomic mass is 9.97. The SMILES string of the molecule is C=C(COc1ccc(C=C(C(=O)OCC)C(=O)OCC)cc1)[Si](O[Si](C)(C)C)O[Si](C)(C)O[Si](C)(O[Si](C)(C)C)C(=C)COC(=O)c1ccccc1C(=O)c1ccc(N(CC)CC)cc1O. The van der Waals surface area contributed by atoms with Gasteiger partial charge in [-0.15, -0.1) is 0 Å². The van der Waals surface area contributed by atoms with Crippen molar-refractivity contribution in [1.29, 1.82) is 0 Å². The summed E-state index contributed by atoms with van der Waals surface area (Å²) in [7, 11) is -13.3. The van der Waals surface area contributed by atoms with Crippen LogP contribution in [0.4, 0.5) is 5.69 Å². The van der Waals surface area contributed by atoms with Crippen LogP contribution in [0, 0.1) is 0 Å². The number of anilines is 1. The zero-order valence-electron chi connectivity index (χ0n) is 40.9. The number of hydrogen-bond acceptors (Lipinski definition) is 14. The average Bonchev–Trinajstić information content (AvgIpc) is 3.22. The highest BCUT2D eigenvalue weighted by molar-refractivity contribution is 6.91. The van der Waals surface area contributed by atoms with Crippen LogP contribution in [0.5, 0.6) is 11.5 Å². The van der Waals surface area contributed by atoms with Gasteiger partial charge in [0.1, 0.15) is 30.3 Å². The van der Waals surface area contributed by atoms with Crippen molar-refractivity contribution >= 4 is 78.5 Å². The Balaban J connectivity index is 1.80. The van der Waals surface area contributed by atoms with Crippen molar-refractivity contribution in [2.45, 2.75) is 86.6 Å². The lowest BCUT2D eigenvalue weighted by molar-refractivity contribution is -0.146. The summed E-state index contributed by atoms with van der Waals surface area (Å²) >= 11 is 0. The van der Waals surface area contributed by atoms with Gasteiger partial charge in [0.05, 0.1) is 24.3 Å². The van der Waals surface area contributed by atoms with Crippen LogP contribution >= 0.6 is 0 Å². The van der Waals surface area contributed by atoms with E-state index in [1.165, 1.54) is 18.2 Å². The first-order valence-electron chi connectivity index (χ1n) is 22.0. The fraction of sp³-hybridized carbons (Fsp3) is 0.404. The Hall–Kier alpha value is -4.72. The van der Waals surface area contributed by atoms with E-state index < -0.39 is 66.7 Å². The predicted octanol–water partition coefficient (Wildman–Crippen LogP) is 9.40. The van der Waals surface area contributed by atoms with E-state index in [1.54, 1.807) is 68.4 Å². The molecule has 3 aromatic rings. The first-order valence-corrected chi connectivity index (χ1v) is 35.2. The van der Waals surface area contributed by atoms with E-state index in [1.807, 2.05) is 53.1 Å². The molecule has 0 saturated carbocycles. The molecule has 1 unspecified atom stereocenters. The molecule has 1 radical (unpaired) electrons. The summed E-state index contributed by atoms with van der Waals surface area (Å²) in [4.78, 5) is 54.5. The molecule has 0 aliphatic rings. The number of nitrogens with zero attached hydrogens (tertiary/aromatic N) is 1. The fourth-order valence-electron chi connectivity index (χ4n) is 6.44. The number of esters is 3. The van der Waals surface area contributed by atoms with Crippen LogP contribution in [-0.4, -0.2) is 111 Å². The third-order valence-electron chi connectivity index (χ3n) is 9.33. The maximum atomic E-state index is 13.8. The Labute approximate surface area is 397 Å². The Kier molecular flexibility index (Phi) is 20.5. The normalized spacial score (nSPS) is 12.7. The average molecular weight is 995 g/mol. The van der Waals surface area contributed by atoms with Gasteiger partial charge in [-0.3, -0.25) is 4.79 Å². The molecule has 14 nitrogen and oxygen atoms in total. The van der Waals surface area contributed by atoms with Gasteiger partial charge in [-0.1, -0.05) is 43.5 Å².